The Labute approximate surface area is 188 Å². The number of guanidine groups is 1. The number of carbonyl (C=O) groups excluding carboxylic acids is 1. The molecule has 0 radical (unpaired) electrons. The van der Waals surface area contributed by atoms with Crippen molar-refractivity contribution in [2.24, 2.45) is 4.99 Å². The summed E-state index contributed by atoms with van der Waals surface area (Å²) in [5, 5.41) is 6.80. The van der Waals surface area contributed by atoms with Crippen LogP contribution in [0, 0.1) is 5.82 Å². The number of likely N-dealkylation sites (N-methyl/N-ethyl adjacent to an activating group) is 1. The Kier molecular flexibility index (Phi) is 11.1. The number of rotatable bonds is 7. The van der Waals surface area contributed by atoms with E-state index < -0.39 is 0 Å². The van der Waals surface area contributed by atoms with Crippen molar-refractivity contribution in [1.82, 2.24) is 20.4 Å². The molecule has 1 aliphatic rings. The monoisotopic (exact) mass is 525 g/mol. The van der Waals surface area contributed by atoms with Crippen molar-refractivity contribution in [3.05, 3.63) is 34.6 Å². The number of likely N-dealkylation sites (tertiary alicyclic amines) is 1. The van der Waals surface area contributed by atoms with Crippen molar-refractivity contribution in [3.63, 3.8) is 0 Å². The Hall–Kier alpha value is -1.13. The molecular weight excluding hydrogens is 496 g/mol. The van der Waals surface area contributed by atoms with Crippen molar-refractivity contribution in [3.8, 4) is 0 Å². The number of hydrogen-bond donors (Lipinski definition) is 2. The van der Waals surface area contributed by atoms with E-state index in [9.17, 15) is 9.18 Å². The van der Waals surface area contributed by atoms with Crippen LogP contribution in [-0.2, 0) is 4.79 Å². The molecule has 1 unspecified atom stereocenters. The van der Waals surface area contributed by atoms with Crippen LogP contribution in [-0.4, -0.2) is 68.5 Å². The summed E-state index contributed by atoms with van der Waals surface area (Å²) in [4.78, 5) is 19.9. The molecule has 1 heterocycles. The minimum atomic E-state index is -0.300. The van der Waals surface area contributed by atoms with Crippen LogP contribution in [0.4, 0.5) is 4.39 Å². The van der Waals surface area contributed by atoms with E-state index in [1.54, 1.807) is 26.2 Å². The zero-order valence-corrected chi connectivity index (χ0v) is 19.8. The highest BCUT2D eigenvalue weighted by Gasteiger charge is 2.27. The van der Waals surface area contributed by atoms with Crippen molar-refractivity contribution in [1.29, 1.82) is 0 Å². The molecule has 1 aromatic rings. The van der Waals surface area contributed by atoms with Crippen LogP contribution < -0.4 is 10.6 Å². The second-order valence-electron chi connectivity index (χ2n) is 6.76. The van der Waals surface area contributed by atoms with Gasteiger partial charge in [-0.15, -0.1) is 24.0 Å². The first-order valence-corrected chi connectivity index (χ1v) is 9.72. The Morgan fingerprint density at radius 2 is 2.00 bits per heavy atom. The summed E-state index contributed by atoms with van der Waals surface area (Å²) in [6.07, 6.45) is 2.18. The number of aliphatic imine (C=N–C) groups is 1. The minimum Gasteiger partial charge on any atom is -0.357 e. The van der Waals surface area contributed by atoms with E-state index in [0.29, 0.717) is 29.6 Å². The van der Waals surface area contributed by atoms with Crippen molar-refractivity contribution < 1.29 is 9.18 Å². The zero-order chi connectivity index (χ0) is 19.8. The van der Waals surface area contributed by atoms with E-state index in [0.717, 1.165) is 25.9 Å². The molecule has 1 atom stereocenters. The number of nitrogens with one attached hydrogen (secondary N) is 2. The lowest BCUT2D eigenvalue weighted by molar-refractivity contribution is -0.127. The fraction of sp³-hybridized carbons (Fsp3) is 0.579. The standard InChI is InChI=1S/C19H29ClFN5O.HI/c1-4-22-19(24-13-17(27)25(2)3)23-12-16(26-10-5-6-11-26)18-14(20)8-7-9-15(18)21;/h7-9,16H,4-6,10-13H2,1-3H3,(H2,22,23,24);1H. The van der Waals surface area contributed by atoms with E-state index in [4.69, 9.17) is 11.6 Å². The zero-order valence-electron chi connectivity index (χ0n) is 16.7. The maximum absolute atomic E-state index is 14.5. The molecular formula is C19H30ClFIN5O. The topological polar surface area (TPSA) is 60.0 Å². The van der Waals surface area contributed by atoms with E-state index in [2.05, 4.69) is 20.5 Å². The van der Waals surface area contributed by atoms with Crippen LogP contribution in [0.1, 0.15) is 31.4 Å². The lowest BCUT2D eigenvalue weighted by Crippen LogP contribution is -2.43. The van der Waals surface area contributed by atoms with Gasteiger partial charge in [-0.2, -0.15) is 0 Å². The van der Waals surface area contributed by atoms with Crippen LogP contribution in [0.25, 0.3) is 0 Å². The van der Waals surface area contributed by atoms with Gasteiger partial charge in [0.15, 0.2) is 5.96 Å². The van der Waals surface area contributed by atoms with Gasteiger partial charge in [0.2, 0.25) is 5.91 Å². The molecule has 0 aliphatic carbocycles. The van der Waals surface area contributed by atoms with Crippen molar-refractivity contribution >= 4 is 47.4 Å². The first kappa shape index (κ1) is 24.9. The average Bonchev–Trinajstić information content (AvgIpc) is 3.15. The summed E-state index contributed by atoms with van der Waals surface area (Å²) in [7, 11) is 3.39. The summed E-state index contributed by atoms with van der Waals surface area (Å²) in [5.74, 6) is 0.149. The van der Waals surface area contributed by atoms with E-state index in [1.807, 2.05) is 6.92 Å². The highest BCUT2D eigenvalue weighted by Crippen LogP contribution is 2.31. The molecule has 1 fully saturated rings. The van der Waals surface area contributed by atoms with Crippen LogP contribution in [0.3, 0.4) is 0 Å². The summed E-state index contributed by atoms with van der Waals surface area (Å²) in [5.41, 5.74) is 0.508. The molecule has 0 saturated carbocycles. The molecule has 2 rings (SSSR count). The van der Waals surface area contributed by atoms with Gasteiger partial charge in [-0.1, -0.05) is 17.7 Å². The van der Waals surface area contributed by atoms with Crippen LogP contribution in [0.15, 0.2) is 23.2 Å². The van der Waals surface area contributed by atoms with E-state index in [1.165, 1.54) is 11.0 Å². The van der Waals surface area contributed by atoms with Gasteiger partial charge in [0.1, 0.15) is 12.4 Å². The first-order valence-electron chi connectivity index (χ1n) is 9.34. The maximum atomic E-state index is 14.5. The summed E-state index contributed by atoms with van der Waals surface area (Å²) in [6, 6.07) is 4.58. The normalized spacial score (nSPS) is 15.7. The van der Waals surface area contributed by atoms with Gasteiger partial charge < -0.3 is 15.5 Å². The summed E-state index contributed by atoms with van der Waals surface area (Å²) < 4.78 is 14.5. The fourth-order valence-electron chi connectivity index (χ4n) is 3.12. The Morgan fingerprint density at radius 1 is 1.32 bits per heavy atom. The highest BCUT2D eigenvalue weighted by atomic mass is 127. The number of carbonyl (C=O) groups is 1. The van der Waals surface area contributed by atoms with E-state index in [-0.39, 0.29) is 48.3 Å². The largest absolute Gasteiger partial charge is 0.357 e. The lowest BCUT2D eigenvalue weighted by atomic mass is 10.0. The van der Waals surface area contributed by atoms with Gasteiger partial charge in [0, 0.05) is 37.8 Å². The first-order chi connectivity index (χ1) is 12.9. The Balaban J connectivity index is 0.00000392. The average molecular weight is 526 g/mol. The lowest BCUT2D eigenvalue weighted by Gasteiger charge is -2.29. The van der Waals surface area contributed by atoms with Crippen LogP contribution >= 0.6 is 35.6 Å². The van der Waals surface area contributed by atoms with Gasteiger partial charge in [0.05, 0.1) is 6.04 Å². The van der Waals surface area contributed by atoms with Crippen LogP contribution in [0.5, 0.6) is 0 Å². The molecule has 9 heteroatoms. The van der Waals surface area contributed by atoms with Crippen molar-refractivity contribution in [2.45, 2.75) is 25.8 Å². The molecule has 6 nitrogen and oxygen atoms in total. The molecule has 1 amide bonds. The quantitative estimate of drug-likeness (QED) is 0.327. The minimum absolute atomic E-state index is 0. The number of amides is 1. The number of hydrogen-bond acceptors (Lipinski definition) is 3. The SMILES string of the molecule is CCNC(=NCC(=O)N(C)C)NCC(c1c(F)cccc1Cl)N1CCCC1.I. The predicted octanol–water partition coefficient (Wildman–Crippen LogP) is 2.88. The third kappa shape index (κ3) is 7.04. The Morgan fingerprint density at radius 3 is 2.57 bits per heavy atom. The smallest absolute Gasteiger partial charge is 0.243 e. The second kappa shape index (κ2) is 12.4. The summed E-state index contributed by atoms with van der Waals surface area (Å²) >= 11 is 6.33. The third-order valence-corrected chi connectivity index (χ3v) is 4.92. The maximum Gasteiger partial charge on any atom is 0.243 e. The van der Waals surface area contributed by atoms with Gasteiger partial charge in [-0.3, -0.25) is 9.69 Å². The number of nitrogens with zero attached hydrogens (tertiary/aromatic N) is 3. The molecule has 1 aromatic carbocycles. The molecule has 0 aromatic heterocycles. The van der Waals surface area contributed by atoms with Crippen molar-refractivity contribution in [2.75, 3.05) is 46.8 Å². The molecule has 1 saturated heterocycles. The molecule has 158 valence electrons. The number of halogens is 3. The second-order valence-corrected chi connectivity index (χ2v) is 7.17. The summed E-state index contributed by atoms with van der Waals surface area (Å²) in [6.45, 7) is 4.93. The molecule has 0 spiro atoms. The Bertz CT molecular complexity index is 647. The fourth-order valence-corrected chi connectivity index (χ4v) is 3.41. The molecule has 28 heavy (non-hydrogen) atoms. The van der Waals surface area contributed by atoms with Gasteiger partial charge in [-0.05, 0) is 45.0 Å². The van der Waals surface area contributed by atoms with E-state index >= 15 is 0 Å². The van der Waals surface area contributed by atoms with Gasteiger partial charge in [-0.25, -0.2) is 9.38 Å². The molecule has 0 bridgehead atoms. The highest BCUT2D eigenvalue weighted by molar-refractivity contribution is 14.0. The molecule has 1 aliphatic heterocycles. The number of benzene rings is 1. The van der Waals surface area contributed by atoms with Crippen LogP contribution in [0.2, 0.25) is 5.02 Å². The molecule has 2 N–H and O–H groups in total. The van der Waals surface area contributed by atoms with Gasteiger partial charge >= 0.3 is 0 Å². The predicted molar refractivity (Wildman–Crippen MR) is 123 cm³/mol. The third-order valence-electron chi connectivity index (χ3n) is 4.59. The van der Waals surface area contributed by atoms with Gasteiger partial charge in [0.25, 0.3) is 0 Å².